The molecule has 0 unspecified atom stereocenters. The molecule has 0 aliphatic heterocycles. The van der Waals surface area contributed by atoms with Gasteiger partial charge < -0.3 is 9.72 Å². The van der Waals surface area contributed by atoms with Crippen molar-refractivity contribution in [1.29, 1.82) is 0 Å². The molecule has 1 N–H and O–H groups in total. The van der Waals surface area contributed by atoms with Crippen LogP contribution in [0.4, 0.5) is 0 Å². The number of rotatable bonds is 4. The van der Waals surface area contributed by atoms with E-state index in [1.54, 1.807) is 7.11 Å². The topological polar surface area (TPSA) is 25.0 Å². The van der Waals surface area contributed by atoms with Gasteiger partial charge in [0.05, 0.1) is 12.6 Å². The van der Waals surface area contributed by atoms with Crippen LogP contribution in [0, 0.1) is 0 Å². The Bertz CT molecular complexity index is 485. The molecule has 0 aliphatic rings. The number of aromatic amines is 1. The monoisotopic (exact) mass is 217 g/mol. The van der Waals surface area contributed by atoms with Gasteiger partial charge in [-0.3, -0.25) is 0 Å². The molecule has 0 bridgehead atoms. The lowest BCUT2D eigenvalue weighted by Crippen LogP contribution is -1.88. The molecule has 2 rings (SSSR count). The van der Waals surface area contributed by atoms with Crippen LogP contribution < -0.4 is 4.74 Å². The number of para-hydroxylation sites is 1. The highest BCUT2D eigenvalue weighted by Gasteiger charge is 2.11. The Hall–Kier alpha value is -1.44. The SMILES string of the molecule is CCCc1[nH]c2c(OC)cccc2c1CC. The van der Waals surface area contributed by atoms with Gasteiger partial charge in [0.2, 0.25) is 0 Å². The summed E-state index contributed by atoms with van der Waals surface area (Å²) in [5.74, 6) is 0.939. The highest BCUT2D eigenvalue weighted by Crippen LogP contribution is 2.30. The van der Waals surface area contributed by atoms with Crippen molar-refractivity contribution in [2.75, 3.05) is 7.11 Å². The summed E-state index contributed by atoms with van der Waals surface area (Å²) in [5.41, 5.74) is 3.95. The zero-order chi connectivity index (χ0) is 11.5. The third kappa shape index (κ3) is 1.69. The highest BCUT2D eigenvalue weighted by molar-refractivity contribution is 5.89. The third-order valence-corrected chi connectivity index (χ3v) is 3.06. The molecule has 0 fully saturated rings. The van der Waals surface area contributed by atoms with Crippen molar-refractivity contribution in [3.63, 3.8) is 0 Å². The van der Waals surface area contributed by atoms with Gasteiger partial charge in [0, 0.05) is 11.1 Å². The van der Waals surface area contributed by atoms with E-state index < -0.39 is 0 Å². The largest absolute Gasteiger partial charge is 0.495 e. The van der Waals surface area contributed by atoms with Crippen LogP contribution in [0.15, 0.2) is 18.2 Å². The van der Waals surface area contributed by atoms with E-state index in [1.807, 2.05) is 6.07 Å². The minimum absolute atomic E-state index is 0.939. The summed E-state index contributed by atoms with van der Waals surface area (Å²) in [6.45, 7) is 4.42. The van der Waals surface area contributed by atoms with E-state index in [1.165, 1.54) is 23.1 Å². The Kier molecular flexibility index (Phi) is 3.18. The lowest BCUT2D eigenvalue weighted by atomic mass is 10.1. The van der Waals surface area contributed by atoms with Crippen LogP contribution >= 0.6 is 0 Å². The predicted molar refractivity (Wildman–Crippen MR) is 68.2 cm³/mol. The van der Waals surface area contributed by atoms with Gasteiger partial charge in [-0.1, -0.05) is 32.4 Å². The van der Waals surface area contributed by atoms with Crippen LogP contribution in [-0.2, 0) is 12.8 Å². The summed E-state index contributed by atoms with van der Waals surface area (Å²) in [5, 5.41) is 1.31. The van der Waals surface area contributed by atoms with Crippen molar-refractivity contribution in [2.45, 2.75) is 33.1 Å². The number of hydrogen-bond acceptors (Lipinski definition) is 1. The number of methoxy groups -OCH3 is 1. The zero-order valence-electron chi connectivity index (χ0n) is 10.3. The number of aryl methyl sites for hydroxylation is 2. The molecular weight excluding hydrogens is 198 g/mol. The van der Waals surface area contributed by atoms with E-state index in [9.17, 15) is 0 Å². The molecule has 16 heavy (non-hydrogen) atoms. The normalized spacial score (nSPS) is 10.9. The predicted octanol–water partition coefficient (Wildman–Crippen LogP) is 3.69. The average Bonchev–Trinajstić information content (AvgIpc) is 2.66. The van der Waals surface area contributed by atoms with Crippen molar-refractivity contribution in [3.05, 3.63) is 29.5 Å². The van der Waals surface area contributed by atoms with Crippen molar-refractivity contribution in [3.8, 4) is 5.75 Å². The van der Waals surface area contributed by atoms with E-state index in [-0.39, 0.29) is 0 Å². The van der Waals surface area contributed by atoms with Crippen LogP contribution in [0.25, 0.3) is 10.9 Å². The molecule has 0 amide bonds. The summed E-state index contributed by atoms with van der Waals surface area (Å²) in [6, 6.07) is 6.24. The summed E-state index contributed by atoms with van der Waals surface area (Å²) in [4.78, 5) is 3.51. The smallest absolute Gasteiger partial charge is 0.142 e. The van der Waals surface area contributed by atoms with Gasteiger partial charge in [-0.2, -0.15) is 0 Å². The van der Waals surface area contributed by atoms with Gasteiger partial charge >= 0.3 is 0 Å². The fourth-order valence-electron chi connectivity index (χ4n) is 2.34. The molecule has 1 heterocycles. The minimum Gasteiger partial charge on any atom is -0.495 e. The number of H-pyrrole nitrogens is 1. The number of aromatic nitrogens is 1. The molecule has 2 aromatic rings. The molecular formula is C14H19NO. The van der Waals surface area contributed by atoms with Crippen molar-refractivity contribution in [2.24, 2.45) is 0 Å². The first-order valence-corrected chi connectivity index (χ1v) is 5.98. The molecule has 0 saturated carbocycles. The minimum atomic E-state index is 0.939. The molecule has 0 atom stereocenters. The molecule has 1 aromatic heterocycles. The Morgan fingerprint density at radius 3 is 2.69 bits per heavy atom. The van der Waals surface area contributed by atoms with E-state index in [0.29, 0.717) is 0 Å². The molecule has 1 aromatic carbocycles. The van der Waals surface area contributed by atoms with Crippen molar-refractivity contribution >= 4 is 10.9 Å². The lowest BCUT2D eigenvalue weighted by molar-refractivity contribution is 0.419. The molecule has 0 aliphatic carbocycles. The maximum Gasteiger partial charge on any atom is 0.142 e. The summed E-state index contributed by atoms with van der Waals surface area (Å²) in [6.07, 6.45) is 3.35. The number of ether oxygens (including phenoxy) is 1. The van der Waals surface area contributed by atoms with Gasteiger partial charge in [-0.25, -0.2) is 0 Å². The average molecular weight is 217 g/mol. The molecule has 86 valence electrons. The van der Waals surface area contributed by atoms with Gasteiger partial charge in [-0.15, -0.1) is 0 Å². The maximum atomic E-state index is 5.39. The van der Waals surface area contributed by atoms with Crippen LogP contribution in [0.5, 0.6) is 5.75 Å². The standard InChI is InChI=1S/C14H19NO/c1-4-7-12-10(5-2)11-8-6-9-13(16-3)14(11)15-12/h6,8-9,15H,4-5,7H2,1-3H3. The fraction of sp³-hybridized carbons (Fsp3) is 0.429. The molecule has 2 nitrogen and oxygen atoms in total. The first kappa shape index (κ1) is 11.1. The molecule has 0 spiro atoms. The Morgan fingerprint density at radius 1 is 1.25 bits per heavy atom. The second-order valence-corrected chi connectivity index (χ2v) is 4.07. The van der Waals surface area contributed by atoms with E-state index in [4.69, 9.17) is 4.74 Å². The van der Waals surface area contributed by atoms with Crippen LogP contribution in [-0.4, -0.2) is 12.1 Å². The van der Waals surface area contributed by atoms with E-state index >= 15 is 0 Å². The number of fused-ring (bicyclic) bond motifs is 1. The summed E-state index contributed by atoms with van der Waals surface area (Å²) in [7, 11) is 1.72. The van der Waals surface area contributed by atoms with Crippen LogP contribution in [0.2, 0.25) is 0 Å². The van der Waals surface area contributed by atoms with E-state index in [0.717, 1.165) is 24.1 Å². The molecule has 2 heteroatoms. The summed E-state index contributed by atoms with van der Waals surface area (Å²) < 4.78 is 5.39. The first-order valence-electron chi connectivity index (χ1n) is 5.98. The Balaban J connectivity index is 2.65. The molecule has 0 saturated heterocycles. The third-order valence-electron chi connectivity index (χ3n) is 3.06. The first-order chi connectivity index (χ1) is 7.81. The van der Waals surface area contributed by atoms with Gasteiger partial charge in [0.25, 0.3) is 0 Å². The van der Waals surface area contributed by atoms with E-state index in [2.05, 4.69) is 31.0 Å². The highest BCUT2D eigenvalue weighted by atomic mass is 16.5. The molecule has 0 radical (unpaired) electrons. The van der Waals surface area contributed by atoms with Crippen molar-refractivity contribution < 1.29 is 4.74 Å². The second-order valence-electron chi connectivity index (χ2n) is 4.07. The summed E-state index contributed by atoms with van der Waals surface area (Å²) >= 11 is 0. The maximum absolute atomic E-state index is 5.39. The zero-order valence-corrected chi connectivity index (χ0v) is 10.3. The van der Waals surface area contributed by atoms with Gasteiger partial charge in [0.15, 0.2) is 0 Å². The van der Waals surface area contributed by atoms with Crippen LogP contribution in [0.1, 0.15) is 31.5 Å². The quantitative estimate of drug-likeness (QED) is 0.830. The second kappa shape index (κ2) is 4.60. The lowest BCUT2D eigenvalue weighted by Gasteiger charge is -2.00. The number of hydrogen-bond donors (Lipinski definition) is 1. The van der Waals surface area contributed by atoms with Gasteiger partial charge in [0.1, 0.15) is 5.75 Å². The van der Waals surface area contributed by atoms with Crippen LogP contribution in [0.3, 0.4) is 0 Å². The number of nitrogens with one attached hydrogen (secondary N) is 1. The number of benzene rings is 1. The van der Waals surface area contributed by atoms with Gasteiger partial charge in [-0.05, 0) is 24.5 Å². The fourth-order valence-corrected chi connectivity index (χ4v) is 2.34. The Morgan fingerprint density at radius 2 is 2.06 bits per heavy atom. The van der Waals surface area contributed by atoms with Crippen molar-refractivity contribution in [1.82, 2.24) is 4.98 Å². The Labute approximate surface area is 96.6 Å².